The summed E-state index contributed by atoms with van der Waals surface area (Å²) in [5.41, 5.74) is 1.68. The van der Waals surface area contributed by atoms with Crippen LogP contribution in [0, 0.1) is 10.1 Å². The molecule has 1 atom stereocenters. The van der Waals surface area contributed by atoms with Gasteiger partial charge in [0, 0.05) is 17.8 Å². The van der Waals surface area contributed by atoms with Crippen LogP contribution in [0.3, 0.4) is 0 Å². The fourth-order valence-corrected chi connectivity index (χ4v) is 4.73. The molecule has 174 valence electrons. The summed E-state index contributed by atoms with van der Waals surface area (Å²) in [5.74, 6) is 0.120. The molecule has 10 heteroatoms. The van der Waals surface area contributed by atoms with Crippen molar-refractivity contribution in [2.45, 2.75) is 19.9 Å². The Morgan fingerprint density at radius 2 is 1.88 bits per heavy atom. The van der Waals surface area contributed by atoms with E-state index in [1.54, 1.807) is 51.3 Å². The number of non-ortho nitro benzene ring substituents is 1. The van der Waals surface area contributed by atoms with Gasteiger partial charge in [0.25, 0.3) is 11.2 Å². The maximum Gasteiger partial charge on any atom is 0.338 e. The Labute approximate surface area is 198 Å². The summed E-state index contributed by atoms with van der Waals surface area (Å²) in [7, 11) is 1.58. The normalized spacial score (nSPS) is 15.5. The van der Waals surface area contributed by atoms with E-state index in [2.05, 4.69) is 4.99 Å². The number of benzene rings is 2. The fraction of sp³-hybridized carbons (Fsp3) is 0.208. The SMILES string of the molecule is CCOC(=O)C1=C(C)n2c(s/c(=C\c3ccc(OC)cc3)c2=O)=N[C@@H]1c1ccc([N+](=O)[O-])cc1. The van der Waals surface area contributed by atoms with Crippen LogP contribution in [0.2, 0.25) is 0 Å². The topological polar surface area (TPSA) is 113 Å². The fourth-order valence-electron chi connectivity index (χ4n) is 3.69. The van der Waals surface area contributed by atoms with Gasteiger partial charge in [-0.2, -0.15) is 0 Å². The summed E-state index contributed by atoms with van der Waals surface area (Å²) in [6.07, 6.45) is 1.76. The molecule has 0 radical (unpaired) electrons. The van der Waals surface area contributed by atoms with E-state index < -0.39 is 16.9 Å². The van der Waals surface area contributed by atoms with Gasteiger partial charge in [-0.1, -0.05) is 23.5 Å². The molecule has 0 saturated heterocycles. The van der Waals surface area contributed by atoms with Crippen molar-refractivity contribution in [3.8, 4) is 5.75 Å². The third kappa shape index (κ3) is 4.27. The first-order valence-corrected chi connectivity index (χ1v) is 11.2. The molecule has 34 heavy (non-hydrogen) atoms. The van der Waals surface area contributed by atoms with Crippen LogP contribution in [0.15, 0.2) is 63.9 Å². The second kappa shape index (κ2) is 9.44. The smallest absolute Gasteiger partial charge is 0.338 e. The van der Waals surface area contributed by atoms with Crippen LogP contribution >= 0.6 is 11.3 Å². The van der Waals surface area contributed by atoms with Gasteiger partial charge in [0.1, 0.15) is 11.8 Å². The lowest BCUT2D eigenvalue weighted by Gasteiger charge is -2.22. The van der Waals surface area contributed by atoms with Crippen LogP contribution in [0.1, 0.15) is 31.0 Å². The quantitative estimate of drug-likeness (QED) is 0.305. The zero-order chi connectivity index (χ0) is 24.4. The van der Waals surface area contributed by atoms with Crippen LogP contribution in [-0.4, -0.2) is 29.2 Å². The molecule has 0 N–H and O–H groups in total. The number of thiazole rings is 1. The van der Waals surface area contributed by atoms with Crippen molar-refractivity contribution in [3.63, 3.8) is 0 Å². The number of aromatic nitrogens is 1. The highest BCUT2D eigenvalue weighted by molar-refractivity contribution is 7.07. The minimum atomic E-state index is -0.758. The highest BCUT2D eigenvalue weighted by Gasteiger charge is 2.31. The minimum absolute atomic E-state index is 0.0673. The van der Waals surface area contributed by atoms with Crippen molar-refractivity contribution < 1.29 is 19.2 Å². The number of nitro groups is 1. The summed E-state index contributed by atoms with van der Waals surface area (Å²) in [6, 6.07) is 12.4. The average Bonchev–Trinajstić information content (AvgIpc) is 3.14. The van der Waals surface area contributed by atoms with Crippen LogP contribution in [0.25, 0.3) is 11.8 Å². The summed E-state index contributed by atoms with van der Waals surface area (Å²) >= 11 is 1.21. The van der Waals surface area contributed by atoms with Gasteiger partial charge >= 0.3 is 5.97 Å². The number of esters is 1. The molecule has 3 aromatic rings. The lowest BCUT2D eigenvalue weighted by Crippen LogP contribution is -2.35. The van der Waals surface area contributed by atoms with E-state index in [0.717, 1.165) is 5.56 Å². The van der Waals surface area contributed by atoms with Gasteiger partial charge in [-0.15, -0.1) is 0 Å². The molecule has 2 aromatic carbocycles. The lowest BCUT2D eigenvalue weighted by molar-refractivity contribution is -0.384. The van der Waals surface area contributed by atoms with Gasteiger partial charge in [0.05, 0.1) is 28.7 Å². The number of fused-ring (bicyclic) bond motifs is 1. The van der Waals surface area contributed by atoms with Crippen LogP contribution < -0.4 is 19.6 Å². The van der Waals surface area contributed by atoms with Gasteiger partial charge in [-0.3, -0.25) is 19.5 Å². The molecule has 0 bridgehead atoms. The Morgan fingerprint density at radius 3 is 2.47 bits per heavy atom. The molecule has 1 aromatic heterocycles. The second-order valence-corrected chi connectivity index (χ2v) is 8.42. The first-order valence-electron chi connectivity index (χ1n) is 10.4. The summed E-state index contributed by atoms with van der Waals surface area (Å²) in [6.45, 7) is 3.53. The average molecular weight is 480 g/mol. The number of hydrogen-bond donors (Lipinski definition) is 0. The van der Waals surface area contributed by atoms with Crippen molar-refractivity contribution in [1.82, 2.24) is 4.57 Å². The number of nitro benzene ring substituents is 1. The highest BCUT2D eigenvalue weighted by atomic mass is 32.1. The number of hydrogen-bond acceptors (Lipinski definition) is 8. The number of methoxy groups -OCH3 is 1. The predicted octanol–water partition coefficient (Wildman–Crippen LogP) is 2.82. The third-order valence-electron chi connectivity index (χ3n) is 5.37. The van der Waals surface area contributed by atoms with Crippen molar-refractivity contribution in [3.05, 3.63) is 95.0 Å². The summed E-state index contributed by atoms with van der Waals surface area (Å²) < 4.78 is 12.3. The largest absolute Gasteiger partial charge is 0.497 e. The van der Waals surface area contributed by atoms with Gasteiger partial charge in [0.2, 0.25) is 0 Å². The van der Waals surface area contributed by atoms with E-state index in [9.17, 15) is 19.7 Å². The molecule has 0 amide bonds. The molecule has 1 aliphatic heterocycles. The van der Waals surface area contributed by atoms with Crippen molar-refractivity contribution in [1.29, 1.82) is 0 Å². The summed E-state index contributed by atoms with van der Waals surface area (Å²) in [5, 5.41) is 11.0. The van der Waals surface area contributed by atoms with Gasteiger partial charge in [-0.05, 0) is 55.3 Å². The van der Waals surface area contributed by atoms with E-state index in [-0.39, 0.29) is 23.4 Å². The molecule has 4 rings (SSSR count). The molecule has 1 aliphatic rings. The van der Waals surface area contributed by atoms with E-state index in [4.69, 9.17) is 9.47 Å². The summed E-state index contributed by atoms with van der Waals surface area (Å²) in [4.78, 5) is 41.8. The Kier molecular flexibility index (Phi) is 6.42. The Balaban J connectivity index is 1.89. The molecule has 0 spiro atoms. The van der Waals surface area contributed by atoms with Crippen LogP contribution in [0.5, 0.6) is 5.75 Å². The second-order valence-electron chi connectivity index (χ2n) is 7.41. The Morgan fingerprint density at radius 1 is 1.21 bits per heavy atom. The molecule has 9 nitrogen and oxygen atoms in total. The zero-order valence-corrected chi connectivity index (χ0v) is 19.5. The number of carbonyl (C=O) groups is 1. The van der Waals surface area contributed by atoms with E-state index in [0.29, 0.717) is 26.3 Å². The standard InChI is InChI=1S/C24H21N3O6S/c1-4-33-23(29)20-14(2)26-22(28)19(13-15-5-11-18(32-3)12-6-15)34-24(26)25-21(20)16-7-9-17(10-8-16)27(30)31/h5-13,21H,4H2,1-3H3/b19-13-/t21-/m1/s1. The highest BCUT2D eigenvalue weighted by Crippen LogP contribution is 2.33. The molecule has 0 aliphatic carbocycles. The molecular weight excluding hydrogens is 458 g/mol. The first-order chi connectivity index (χ1) is 16.3. The van der Waals surface area contributed by atoms with Crippen molar-refractivity contribution in [2.75, 3.05) is 13.7 Å². The van der Waals surface area contributed by atoms with Crippen LogP contribution in [-0.2, 0) is 9.53 Å². The molecule has 0 unspecified atom stereocenters. The molecule has 2 heterocycles. The van der Waals surface area contributed by atoms with Crippen LogP contribution in [0.4, 0.5) is 5.69 Å². The number of nitrogens with zero attached hydrogens (tertiary/aromatic N) is 3. The number of ether oxygens (including phenoxy) is 2. The first kappa shape index (κ1) is 23.1. The molecular formula is C24H21N3O6S. The molecule has 0 saturated carbocycles. The number of carbonyl (C=O) groups excluding carboxylic acids is 1. The zero-order valence-electron chi connectivity index (χ0n) is 18.7. The van der Waals surface area contributed by atoms with Crippen molar-refractivity contribution in [2.24, 2.45) is 4.99 Å². The van der Waals surface area contributed by atoms with E-state index in [1.165, 1.54) is 28.0 Å². The number of allylic oxidation sites excluding steroid dienone is 1. The van der Waals surface area contributed by atoms with Crippen molar-refractivity contribution >= 4 is 34.8 Å². The van der Waals surface area contributed by atoms with E-state index in [1.807, 2.05) is 12.1 Å². The third-order valence-corrected chi connectivity index (χ3v) is 6.36. The Bertz CT molecular complexity index is 1470. The van der Waals surface area contributed by atoms with Gasteiger partial charge in [0.15, 0.2) is 4.80 Å². The molecule has 0 fully saturated rings. The predicted molar refractivity (Wildman–Crippen MR) is 127 cm³/mol. The monoisotopic (exact) mass is 479 g/mol. The maximum absolute atomic E-state index is 13.2. The number of rotatable bonds is 6. The maximum atomic E-state index is 13.2. The van der Waals surface area contributed by atoms with Gasteiger partial charge < -0.3 is 9.47 Å². The minimum Gasteiger partial charge on any atom is -0.497 e. The lowest BCUT2D eigenvalue weighted by atomic mass is 9.96. The van der Waals surface area contributed by atoms with E-state index >= 15 is 0 Å². The van der Waals surface area contributed by atoms with Gasteiger partial charge in [-0.25, -0.2) is 9.79 Å². The Hall–Kier alpha value is -4.05.